The molecule has 0 amide bonds. The van der Waals surface area contributed by atoms with E-state index in [1.54, 1.807) is 26.5 Å². The number of benzene rings is 3. The van der Waals surface area contributed by atoms with Gasteiger partial charge in [-0.05, 0) is 81.6 Å². The molecule has 3 aromatic rings. The lowest BCUT2D eigenvalue weighted by Crippen LogP contribution is -2.42. The third kappa shape index (κ3) is 10.7. The summed E-state index contributed by atoms with van der Waals surface area (Å²) in [6.45, 7) is 1.33. The van der Waals surface area contributed by atoms with Crippen LogP contribution < -0.4 is 14.8 Å². The SMILES string of the molecule is COc1ccc(C(OC[C@H]2O[C@@H](N/C=C\C(=N)N=C3CCCN3C)CC2OP(OCCC#N)C(N(C)C)N(C)C)(c2ccccc2)c2ccc(OC)cc2)cc1. The second-order valence-corrected chi connectivity index (χ2v) is 15.6. The van der Waals surface area contributed by atoms with Crippen molar-refractivity contribution in [1.82, 2.24) is 20.0 Å². The summed E-state index contributed by atoms with van der Waals surface area (Å²) in [5.74, 6) is 2.34. The van der Waals surface area contributed by atoms with E-state index in [0.717, 1.165) is 53.4 Å². The van der Waals surface area contributed by atoms with Crippen molar-refractivity contribution in [3.8, 4) is 17.6 Å². The van der Waals surface area contributed by atoms with Crippen molar-refractivity contribution in [3.63, 3.8) is 0 Å². The fourth-order valence-electron chi connectivity index (χ4n) is 7.01. The molecule has 2 saturated heterocycles. The van der Waals surface area contributed by atoms with E-state index >= 15 is 0 Å². The van der Waals surface area contributed by atoms with Crippen LogP contribution in [0, 0.1) is 16.7 Å². The topological polar surface area (TPSA) is 137 Å². The Morgan fingerprint density at radius 2 is 1.61 bits per heavy atom. The van der Waals surface area contributed by atoms with Crippen LogP contribution in [0.3, 0.4) is 0 Å². The first-order valence-corrected chi connectivity index (χ1v) is 20.1. The van der Waals surface area contributed by atoms with Crippen molar-refractivity contribution in [3.05, 3.63) is 108 Å². The summed E-state index contributed by atoms with van der Waals surface area (Å²) in [6.07, 6.45) is 4.52. The van der Waals surface area contributed by atoms with Crippen LogP contribution in [0.15, 0.2) is 96.1 Å². The van der Waals surface area contributed by atoms with Gasteiger partial charge in [0.05, 0.1) is 46.0 Å². The Labute approximate surface area is 333 Å². The number of hydrogen-bond donors (Lipinski definition) is 2. The van der Waals surface area contributed by atoms with Gasteiger partial charge in [0.15, 0.2) is 0 Å². The number of nitriles is 1. The molecule has 0 aromatic heterocycles. The van der Waals surface area contributed by atoms with E-state index in [9.17, 15) is 5.26 Å². The molecule has 0 spiro atoms. The van der Waals surface area contributed by atoms with Gasteiger partial charge >= 0.3 is 0 Å². The van der Waals surface area contributed by atoms with E-state index in [1.165, 1.54) is 0 Å². The molecule has 0 bridgehead atoms. The third-order valence-electron chi connectivity index (χ3n) is 9.73. The number of rotatable bonds is 19. The van der Waals surface area contributed by atoms with Crippen LogP contribution >= 0.6 is 8.38 Å². The number of nitrogens with zero attached hydrogens (tertiary/aromatic N) is 5. The predicted octanol–water partition coefficient (Wildman–Crippen LogP) is 6.37. The standard InChI is InChI=1S/C42H56N7O6P/c1-47(2)41(48(3)4)56(53-28-12-25-43)55-36-29-40(45-26-24-38(44)46-39-15-11-27-49(39)5)54-37(36)30-52-42(31-13-9-8-10-14-31,32-16-20-34(50-6)21-17-32)33-18-22-35(51-7)23-19-33/h8-10,13-14,16-24,26,36-37,40-41,44-45H,11-12,15,27-30H2,1-7H3/b26-24-,44-38?,46-39?/t36?,37-,40-,56?/m1/s1. The molecule has 56 heavy (non-hydrogen) atoms. The number of likely N-dealkylation sites (tertiary alicyclic amines) is 1. The molecule has 2 N–H and O–H groups in total. The highest BCUT2D eigenvalue weighted by atomic mass is 31.2. The van der Waals surface area contributed by atoms with E-state index in [0.29, 0.717) is 6.42 Å². The zero-order chi connectivity index (χ0) is 40.1. The number of aliphatic imine (C=N–C) groups is 1. The first-order chi connectivity index (χ1) is 27.1. The van der Waals surface area contributed by atoms with Crippen molar-refractivity contribution >= 4 is 20.0 Å². The van der Waals surface area contributed by atoms with Gasteiger partial charge in [-0.25, -0.2) is 4.99 Å². The summed E-state index contributed by atoms with van der Waals surface area (Å²) in [6, 6.07) is 28.2. The summed E-state index contributed by atoms with van der Waals surface area (Å²) >= 11 is 0. The lowest BCUT2D eigenvalue weighted by molar-refractivity contribution is -0.0822. The minimum Gasteiger partial charge on any atom is -0.497 e. The zero-order valence-electron chi connectivity index (χ0n) is 33.6. The Kier molecular flexibility index (Phi) is 15.8. The molecule has 2 fully saturated rings. The molecule has 5 rings (SSSR count). The second-order valence-electron chi connectivity index (χ2n) is 14.1. The highest BCUT2D eigenvalue weighted by Crippen LogP contribution is 2.49. The summed E-state index contributed by atoms with van der Waals surface area (Å²) in [5, 5.41) is 21.1. The zero-order valence-corrected chi connectivity index (χ0v) is 34.4. The van der Waals surface area contributed by atoms with E-state index in [2.05, 4.69) is 43.2 Å². The molecule has 0 radical (unpaired) electrons. The van der Waals surface area contributed by atoms with Gasteiger partial charge in [-0.3, -0.25) is 15.2 Å². The molecule has 2 aliphatic rings. The molecule has 2 heterocycles. The third-order valence-corrected chi connectivity index (χ3v) is 11.9. The normalized spacial score (nSPS) is 20.0. The molecule has 2 aliphatic heterocycles. The van der Waals surface area contributed by atoms with Gasteiger partial charge in [0.1, 0.15) is 47.0 Å². The van der Waals surface area contributed by atoms with Crippen molar-refractivity contribution in [2.75, 3.05) is 69.2 Å². The number of ether oxygens (including phenoxy) is 4. The number of hydrogen-bond acceptors (Lipinski definition) is 11. The number of nitrogens with one attached hydrogen (secondary N) is 2. The van der Waals surface area contributed by atoms with Crippen molar-refractivity contribution in [2.24, 2.45) is 4.99 Å². The van der Waals surface area contributed by atoms with Gasteiger partial charge in [0.2, 0.25) is 8.38 Å². The van der Waals surface area contributed by atoms with E-state index < -0.39 is 32.4 Å². The van der Waals surface area contributed by atoms with Crippen LogP contribution in [-0.4, -0.2) is 120 Å². The Morgan fingerprint density at radius 1 is 1.00 bits per heavy atom. The Morgan fingerprint density at radius 3 is 2.14 bits per heavy atom. The van der Waals surface area contributed by atoms with E-state index in [4.69, 9.17) is 33.4 Å². The van der Waals surface area contributed by atoms with Crippen LogP contribution in [0.1, 0.15) is 42.4 Å². The van der Waals surface area contributed by atoms with Gasteiger partial charge in [-0.15, -0.1) is 0 Å². The Bertz CT molecular complexity index is 1730. The van der Waals surface area contributed by atoms with Crippen molar-refractivity contribution < 1.29 is 28.0 Å². The molecular formula is C42H56N7O6P. The molecule has 14 heteroatoms. The van der Waals surface area contributed by atoms with E-state index in [1.807, 2.05) is 102 Å². The summed E-state index contributed by atoms with van der Waals surface area (Å²) in [5.41, 5.74) is 1.67. The number of amidine groups is 2. The van der Waals surface area contributed by atoms with Gasteiger partial charge in [-0.2, -0.15) is 5.26 Å². The van der Waals surface area contributed by atoms with Gasteiger partial charge in [0, 0.05) is 32.6 Å². The molecule has 3 aromatic carbocycles. The fraction of sp³-hybridized carbons (Fsp3) is 0.452. The predicted molar refractivity (Wildman–Crippen MR) is 220 cm³/mol. The fourth-order valence-corrected chi connectivity index (χ4v) is 8.83. The molecule has 300 valence electrons. The van der Waals surface area contributed by atoms with Crippen LogP contribution in [0.2, 0.25) is 0 Å². The number of methoxy groups -OCH3 is 2. The van der Waals surface area contributed by atoms with Crippen LogP contribution in [-0.2, 0) is 24.1 Å². The average Bonchev–Trinajstić information content (AvgIpc) is 3.79. The minimum atomic E-state index is -1.55. The molecule has 4 atom stereocenters. The molecule has 2 unspecified atom stereocenters. The van der Waals surface area contributed by atoms with Gasteiger partial charge < -0.3 is 38.2 Å². The molecular weight excluding hydrogens is 729 g/mol. The van der Waals surface area contributed by atoms with Crippen LogP contribution in [0.5, 0.6) is 11.5 Å². The maximum Gasteiger partial charge on any atom is 0.205 e. The smallest absolute Gasteiger partial charge is 0.205 e. The summed E-state index contributed by atoms with van der Waals surface area (Å²) < 4.78 is 38.3. The second kappa shape index (κ2) is 20.7. The van der Waals surface area contributed by atoms with Crippen LogP contribution in [0.25, 0.3) is 0 Å². The maximum absolute atomic E-state index is 9.32. The van der Waals surface area contributed by atoms with Crippen molar-refractivity contribution in [1.29, 1.82) is 10.7 Å². The van der Waals surface area contributed by atoms with Gasteiger partial charge in [-0.1, -0.05) is 54.6 Å². The molecule has 13 nitrogen and oxygen atoms in total. The van der Waals surface area contributed by atoms with Gasteiger partial charge in [0.25, 0.3) is 0 Å². The largest absolute Gasteiger partial charge is 0.497 e. The highest BCUT2D eigenvalue weighted by molar-refractivity contribution is 7.47. The Hall–Kier alpha value is -4.38. The minimum absolute atomic E-state index is 0.144. The van der Waals surface area contributed by atoms with Crippen molar-refractivity contribution in [2.45, 2.75) is 55.6 Å². The Balaban J connectivity index is 1.50. The first kappa shape index (κ1) is 42.8. The highest BCUT2D eigenvalue weighted by Gasteiger charge is 2.44. The monoisotopic (exact) mass is 785 g/mol. The van der Waals surface area contributed by atoms with Crippen LogP contribution in [0.4, 0.5) is 0 Å². The van der Waals surface area contributed by atoms with E-state index in [-0.39, 0.29) is 31.4 Å². The maximum atomic E-state index is 9.32. The molecule has 0 aliphatic carbocycles. The first-order valence-electron chi connectivity index (χ1n) is 18.8. The average molecular weight is 786 g/mol. The lowest BCUT2D eigenvalue weighted by atomic mass is 9.80. The lowest BCUT2D eigenvalue weighted by Gasteiger charge is -2.38. The quantitative estimate of drug-likeness (QED) is 0.0351. The summed E-state index contributed by atoms with van der Waals surface area (Å²) in [7, 11) is 11.7. The summed E-state index contributed by atoms with van der Waals surface area (Å²) in [4.78, 5) is 10.7. The molecule has 0 saturated carbocycles.